The Hall–Kier alpha value is -1.70. The molecule has 1 amide bonds. The van der Waals surface area contributed by atoms with Gasteiger partial charge in [0.05, 0.1) is 5.69 Å². The molecule has 3 rings (SSSR count). The molecule has 0 bridgehead atoms. The smallest absolute Gasteiger partial charge is 0.263 e. The van der Waals surface area contributed by atoms with E-state index in [-0.39, 0.29) is 5.91 Å². The fraction of sp³-hybridized carbons (Fsp3) is 0.500. The number of rotatable bonds is 5. The number of piperazine rings is 1. The van der Waals surface area contributed by atoms with Crippen molar-refractivity contribution >= 4 is 17.2 Å². The molecule has 0 unspecified atom stereocenters. The molecule has 3 heterocycles. The van der Waals surface area contributed by atoms with Crippen LogP contribution < -0.4 is 10.6 Å². The van der Waals surface area contributed by atoms with Gasteiger partial charge in [-0.15, -0.1) is 11.3 Å². The molecule has 2 aromatic rings. The van der Waals surface area contributed by atoms with E-state index in [0.29, 0.717) is 11.4 Å². The van der Waals surface area contributed by atoms with E-state index in [0.717, 1.165) is 54.9 Å². The number of thiazole rings is 1. The molecule has 1 saturated heterocycles. The van der Waals surface area contributed by atoms with Gasteiger partial charge >= 0.3 is 0 Å². The van der Waals surface area contributed by atoms with E-state index in [1.54, 1.807) is 0 Å². The van der Waals surface area contributed by atoms with E-state index >= 15 is 0 Å². The number of hydrogen-bond acceptors (Lipinski definition) is 6. The minimum absolute atomic E-state index is 0.0512. The number of furan rings is 1. The van der Waals surface area contributed by atoms with E-state index in [1.807, 2.05) is 26.0 Å². The van der Waals surface area contributed by atoms with Gasteiger partial charge in [-0.2, -0.15) is 0 Å². The number of hydrogen-bond donors (Lipinski definition) is 2. The Balaban J connectivity index is 1.57. The summed E-state index contributed by atoms with van der Waals surface area (Å²) in [4.78, 5) is 19.8. The molecular formula is C16H22N4O2S. The molecule has 2 N–H and O–H groups in total. The highest BCUT2D eigenvalue weighted by Gasteiger charge is 2.18. The summed E-state index contributed by atoms with van der Waals surface area (Å²) in [6.45, 7) is 9.42. The van der Waals surface area contributed by atoms with Crippen molar-refractivity contribution in [3.05, 3.63) is 28.5 Å². The lowest BCUT2D eigenvalue weighted by molar-refractivity contribution is 0.0950. The first-order valence-electron chi connectivity index (χ1n) is 7.89. The Morgan fingerprint density at radius 3 is 2.87 bits per heavy atom. The normalized spacial score (nSPS) is 15.7. The van der Waals surface area contributed by atoms with E-state index in [4.69, 9.17) is 4.42 Å². The Morgan fingerprint density at radius 2 is 2.17 bits per heavy atom. The van der Waals surface area contributed by atoms with Gasteiger partial charge in [0.15, 0.2) is 10.8 Å². The van der Waals surface area contributed by atoms with Crippen molar-refractivity contribution in [2.45, 2.75) is 13.8 Å². The molecule has 0 spiro atoms. The predicted octanol–water partition coefficient (Wildman–Crippen LogP) is 1.65. The number of nitrogens with zero attached hydrogens (tertiary/aromatic N) is 2. The second-order valence-electron chi connectivity index (χ2n) is 5.69. The van der Waals surface area contributed by atoms with Gasteiger partial charge in [-0.25, -0.2) is 4.98 Å². The molecule has 124 valence electrons. The lowest BCUT2D eigenvalue weighted by Crippen LogP contribution is -2.46. The maximum Gasteiger partial charge on any atom is 0.263 e. The first-order chi connectivity index (χ1) is 11.1. The molecule has 6 nitrogen and oxygen atoms in total. The summed E-state index contributed by atoms with van der Waals surface area (Å²) in [5, 5.41) is 7.07. The fourth-order valence-electron chi connectivity index (χ4n) is 2.60. The summed E-state index contributed by atoms with van der Waals surface area (Å²) in [5.41, 5.74) is 0.749. The van der Waals surface area contributed by atoms with Crippen molar-refractivity contribution in [2.75, 3.05) is 39.3 Å². The van der Waals surface area contributed by atoms with Crippen LogP contribution in [0.4, 0.5) is 0 Å². The van der Waals surface area contributed by atoms with Gasteiger partial charge in [-0.3, -0.25) is 9.69 Å². The topological polar surface area (TPSA) is 70.4 Å². The van der Waals surface area contributed by atoms with Crippen molar-refractivity contribution in [1.82, 2.24) is 20.5 Å². The first-order valence-corrected chi connectivity index (χ1v) is 8.70. The molecule has 1 aliphatic heterocycles. The highest BCUT2D eigenvalue weighted by atomic mass is 32.1. The van der Waals surface area contributed by atoms with Crippen LogP contribution in [0.3, 0.4) is 0 Å². The zero-order valence-corrected chi connectivity index (χ0v) is 14.3. The molecular weight excluding hydrogens is 312 g/mol. The van der Waals surface area contributed by atoms with Gasteiger partial charge in [0.25, 0.3) is 5.91 Å². The minimum Gasteiger partial charge on any atom is -0.459 e. The molecule has 0 radical (unpaired) electrons. The van der Waals surface area contributed by atoms with E-state index < -0.39 is 0 Å². The summed E-state index contributed by atoms with van der Waals surface area (Å²) >= 11 is 1.38. The largest absolute Gasteiger partial charge is 0.459 e. The molecule has 1 fully saturated rings. The molecule has 0 aromatic carbocycles. The molecule has 0 atom stereocenters. The summed E-state index contributed by atoms with van der Waals surface area (Å²) in [6, 6.07) is 3.79. The highest BCUT2D eigenvalue weighted by Crippen LogP contribution is 2.29. The zero-order valence-electron chi connectivity index (χ0n) is 13.5. The van der Waals surface area contributed by atoms with Crippen molar-refractivity contribution in [3.8, 4) is 10.8 Å². The molecule has 0 aliphatic carbocycles. The number of nitrogens with one attached hydrogen (secondary N) is 2. The van der Waals surface area contributed by atoms with E-state index in [1.165, 1.54) is 11.3 Å². The third-order valence-electron chi connectivity index (χ3n) is 3.88. The van der Waals surface area contributed by atoms with Crippen LogP contribution in [-0.4, -0.2) is 55.1 Å². The van der Waals surface area contributed by atoms with Gasteiger partial charge in [0.2, 0.25) is 0 Å². The number of aromatic nitrogens is 1. The van der Waals surface area contributed by atoms with Crippen LogP contribution in [0.1, 0.15) is 21.1 Å². The molecule has 2 aromatic heterocycles. The van der Waals surface area contributed by atoms with Crippen LogP contribution in [0, 0.1) is 13.8 Å². The van der Waals surface area contributed by atoms with Crippen molar-refractivity contribution in [1.29, 1.82) is 0 Å². The SMILES string of the molecule is Cc1ccc(-c2nc(C)c(C(=O)NCCN3CCNCC3)s2)o1. The van der Waals surface area contributed by atoms with Gasteiger partial charge in [-0.1, -0.05) is 0 Å². The monoisotopic (exact) mass is 334 g/mol. The standard InChI is InChI=1S/C16H22N4O2S/c1-11-3-4-13(22-11)16-19-12(2)14(23-16)15(21)18-7-10-20-8-5-17-6-9-20/h3-4,17H,5-10H2,1-2H3,(H,18,21). The Morgan fingerprint density at radius 1 is 1.39 bits per heavy atom. The minimum atomic E-state index is -0.0512. The maximum atomic E-state index is 12.4. The van der Waals surface area contributed by atoms with Crippen LogP contribution in [0.5, 0.6) is 0 Å². The van der Waals surface area contributed by atoms with E-state index in [9.17, 15) is 4.79 Å². The quantitative estimate of drug-likeness (QED) is 0.870. The average Bonchev–Trinajstić information content (AvgIpc) is 3.14. The number of aryl methyl sites for hydroxylation is 2. The summed E-state index contributed by atoms with van der Waals surface area (Å²) in [5.74, 6) is 1.51. The Labute approximate surface area is 139 Å². The second kappa shape index (κ2) is 7.25. The molecule has 23 heavy (non-hydrogen) atoms. The van der Waals surface area contributed by atoms with Crippen molar-refractivity contribution < 1.29 is 9.21 Å². The van der Waals surface area contributed by atoms with Crippen LogP contribution in [0.15, 0.2) is 16.5 Å². The number of carbonyl (C=O) groups excluding carboxylic acids is 1. The zero-order chi connectivity index (χ0) is 16.2. The molecule has 7 heteroatoms. The third-order valence-corrected chi connectivity index (χ3v) is 5.05. The van der Waals surface area contributed by atoms with Crippen LogP contribution in [0.25, 0.3) is 10.8 Å². The third kappa shape index (κ3) is 3.99. The number of amides is 1. The van der Waals surface area contributed by atoms with Gasteiger partial charge < -0.3 is 15.1 Å². The Kier molecular flexibility index (Phi) is 5.09. The lowest BCUT2D eigenvalue weighted by Gasteiger charge is -2.27. The van der Waals surface area contributed by atoms with Gasteiger partial charge in [0, 0.05) is 39.3 Å². The summed E-state index contributed by atoms with van der Waals surface area (Å²) < 4.78 is 5.58. The second-order valence-corrected chi connectivity index (χ2v) is 6.69. The van der Waals surface area contributed by atoms with Crippen LogP contribution in [0.2, 0.25) is 0 Å². The predicted molar refractivity (Wildman–Crippen MR) is 90.9 cm³/mol. The van der Waals surface area contributed by atoms with Crippen LogP contribution in [-0.2, 0) is 0 Å². The summed E-state index contributed by atoms with van der Waals surface area (Å²) in [6.07, 6.45) is 0. The van der Waals surface area contributed by atoms with Gasteiger partial charge in [-0.05, 0) is 26.0 Å². The highest BCUT2D eigenvalue weighted by molar-refractivity contribution is 7.17. The Bertz CT molecular complexity index is 673. The van der Waals surface area contributed by atoms with Crippen molar-refractivity contribution in [2.24, 2.45) is 0 Å². The number of carbonyl (C=O) groups is 1. The van der Waals surface area contributed by atoms with Crippen LogP contribution >= 0.6 is 11.3 Å². The average molecular weight is 334 g/mol. The first kappa shape index (κ1) is 16.2. The fourth-order valence-corrected chi connectivity index (χ4v) is 3.55. The van der Waals surface area contributed by atoms with E-state index in [2.05, 4.69) is 20.5 Å². The maximum absolute atomic E-state index is 12.4. The molecule has 0 saturated carbocycles. The lowest BCUT2D eigenvalue weighted by atomic mass is 10.3. The molecule has 1 aliphatic rings. The van der Waals surface area contributed by atoms with Gasteiger partial charge in [0.1, 0.15) is 10.6 Å². The van der Waals surface area contributed by atoms with Crippen molar-refractivity contribution in [3.63, 3.8) is 0 Å². The summed E-state index contributed by atoms with van der Waals surface area (Å²) in [7, 11) is 0.